The van der Waals surface area contributed by atoms with Crippen molar-refractivity contribution in [3.8, 4) is 5.75 Å². The molecule has 1 saturated heterocycles. The van der Waals surface area contributed by atoms with Gasteiger partial charge in [0.15, 0.2) is 21.4 Å². The van der Waals surface area contributed by atoms with Crippen LogP contribution in [0.5, 0.6) is 5.75 Å². The van der Waals surface area contributed by atoms with Crippen LogP contribution in [0.3, 0.4) is 0 Å². The van der Waals surface area contributed by atoms with E-state index in [9.17, 15) is 13.2 Å². The third-order valence-corrected chi connectivity index (χ3v) is 10.4. The van der Waals surface area contributed by atoms with Crippen LogP contribution in [0.2, 0.25) is 0 Å². The lowest BCUT2D eigenvalue weighted by atomic mass is 9.84. The molecular formula is C25H34N4O4S2. The molecule has 4 heterocycles. The molecule has 0 atom stereocenters. The number of ether oxygens (including phenoxy) is 1. The summed E-state index contributed by atoms with van der Waals surface area (Å²) in [6.07, 6.45) is 9.48. The van der Waals surface area contributed by atoms with Crippen LogP contribution in [0.4, 0.5) is 5.82 Å². The summed E-state index contributed by atoms with van der Waals surface area (Å²) in [5.41, 5.74) is 1.28. The second kappa shape index (κ2) is 10.4. The molecule has 2 aliphatic heterocycles. The molecule has 0 spiro atoms. The first kappa shape index (κ1) is 24.5. The number of piperazine rings is 1. The minimum absolute atomic E-state index is 0.157. The molecule has 10 heteroatoms. The summed E-state index contributed by atoms with van der Waals surface area (Å²) in [5.74, 6) is 2.54. The van der Waals surface area contributed by atoms with Crippen LogP contribution < -0.4 is 15.0 Å². The van der Waals surface area contributed by atoms with E-state index < -0.39 is 9.84 Å². The minimum atomic E-state index is -3.27. The van der Waals surface area contributed by atoms with Gasteiger partial charge in [-0.15, -0.1) is 11.3 Å². The molecule has 0 aromatic carbocycles. The molecule has 1 aliphatic carbocycles. The van der Waals surface area contributed by atoms with Gasteiger partial charge in [-0.25, -0.2) is 13.4 Å². The van der Waals surface area contributed by atoms with Gasteiger partial charge in [0.25, 0.3) is 5.91 Å². The van der Waals surface area contributed by atoms with Gasteiger partial charge in [0, 0.05) is 56.7 Å². The third-order valence-electron chi connectivity index (χ3n) is 7.46. The van der Waals surface area contributed by atoms with Crippen LogP contribution in [0.15, 0.2) is 28.6 Å². The number of hydrogen-bond acceptors (Lipinski definition) is 8. The number of thiophene rings is 1. The van der Waals surface area contributed by atoms with Crippen molar-refractivity contribution in [2.24, 2.45) is 5.92 Å². The molecule has 0 bridgehead atoms. The number of pyridine rings is 1. The fourth-order valence-corrected chi connectivity index (χ4v) is 7.19. The zero-order valence-corrected chi connectivity index (χ0v) is 21.9. The smallest absolute Gasteiger partial charge is 0.261 e. The Bertz CT molecular complexity index is 1150. The van der Waals surface area contributed by atoms with E-state index in [1.54, 1.807) is 6.07 Å². The van der Waals surface area contributed by atoms with Gasteiger partial charge in [-0.2, -0.15) is 0 Å². The first-order valence-corrected chi connectivity index (χ1v) is 15.3. The van der Waals surface area contributed by atoms with Crippen LogP contribution in [0.25, 0.3) is 0 Å². The van der Waals surface area contributed by atoms with Gasteiger partial charge in [-0.3, -0.25) is 9.69 Å². The summed E-state index contributed by atoms with van der Waals surface area (Å²) >= 11 is 1.05. The third kappa shape index (κ3) is 5.81. The van der Waals surface area contributed by atoms with Crippen LogP contribution in [0.1, 0.15) is 47.3 Å². The lowest BCUT2D eigenvalue weighted by Gasteiger charge is -2.37. The molecular weight excluding hydrogens is 484 g/mol. The highest BCUT2D eigenvalue weighted by atomic mass is 32.2. The van der Waals surface area contributed by atoms with Crippen molar-refractivity contribution in [1.82, 2.24) is 15.2 Å². The average molecular weight is 519 g/mol. The monoisotopic (exact) mass is 518 g/mol. The summed E-state index contributed by atoms with van der Waals surface area (Å²) < 4.78 is 29.4. The van der Waals surface area contributed by atoms with Gasteiger partial charge in [0.05, 0.1) is 11.5 Å². The molecule has 35 heavy (non-hydrogen) atoms. The van der Waals surface area contributed by atoms with E-state index in [0.717, 1.165) is 94.3 Å². The number of carbonyl (C=O) groups is 1. The number of aromatic nitrogens is 1. The maximum Gasteiger partial charge on any atom is 0.261 e. The number of fused-ring (bicyclic) bond motifs is 1. The van der Waals surface area contributed by atoms with E-state index in [2.05, 4.69) is 26.2 Å². The summed E-state index contributed by atoms with van der Waals surface area (Å²) in [4.78, 5) is 22.5. The van der Waals surface area contributed by atoms with Crippen LogP contribution >= 0.6 is 11.3 Å². The van der Waals surface area contributed by atoms with Gasteiger partial charge in [-0.1, -0.05) is 0 Å². The highest BCUT2D eigenvalue weighted by Crippen LogP contribution is 2.34. The second-order valence-corrected chi connectivity index (χ2v) is 13.2. The standard InChI is InChI=1S/C25H34N4O4S2/c1-35(31,32)22-7-6-21(34-22)25(30)27-20-4-2-18(3-5-20)9-12-28-13-15-29(16-14-28)24-23-19(8-11-26-24)10-17-33-23/h6-8,11,18,20H,2-5,9-10,12-17H2,1H3,(H,27,30)/t18-,20-. The van der Waals surface area contributed by atoms with E-state index in [-0.39, 0.29) is 16.2 Å². The SMILES string of the molecule is CS(=O)(=O)c1ccc(C(=O)N[C@H]2CC[C@H](CCN3CCN(c4nccc5c4OCC5)CC3)CC2)s1. The number of amides is 1. The fourth-order valence-electron chi connectivity index (χ4n) is 5.36. The molecule has 190 valence electrons. The molecule has 0 radical (unpaired) electrons. The summed E-state index contributed by atoms with van der Waals surface area (Å²) in [5, 5.41) is 3.11. The lowest BCUT2D eigenvalue weighted by molar-refractivity contribution is 0.0924. The van der Waals surface area contributed by atoms with Crippen molar-refractivity contribution in [3.63, 3.8) is 0 Å². The van der Waals surface area contributed by atoms with Gasteiger partial charge in [-0.05, 0) is 62.8 Å². The Labute approximate surface area is 211 Å². The molecule has 3 aliphatic rings. The van der Waals surface area contributed by atoms with E-state index in [1.807, 2.05) is 6.20 Å². The zero-order valence-electron chi connectivity index (χ0n) is 20.2. The maximum atomic E-state index is 12.5. The molecule has 1 N–H and O–H groups in total. The molecule has 2 aromatic heterocycles. The van der Waals surface area contributed by atoms with Crippen LogP contribution in [-0.2, 0) is 16.3 Å². The Morgan fingerprint density at radius 2 is 1.91 bits per heavy atom. The van der Waals surface area contributed by atoms with E-state index in [4.69, 9.17) is 4.74 Å². The Morgan fingerprint density at radius 1 is 1.14 bits per heavy atom. The van der Waals surface area contributed by atoms with E-state index in [1.165, 1.54) is 24.3 Å². The second-order valence-electron chi connectivity index (χ2n) is 9.92. The Balaban J connectivity index is 1.02. The quantitative estimate of drug-likeness (QED) is 0.603. The maximum absolute atomic E-state index is 12.5. The number of nitrogens with one attached hydrogen (secondary N) is 1. The highest BCUT2D eigenvalue weighted by Gasteiger charge is 2.27. The van der Waals surface area contributed by atoms with Gasteiger partial charge < -0.3 is 15.0 Å². The molecule has 0 unspecified atom stereocenters. The van der Waals surface area contributed by atoms with Gasteiger partial charge >= 0.3 is 0 Å². The molecule has 2 fully saturated rings. The Hall–Kier alpha value is -2.17. The molecule has 1 saturated carbocycles. The molecule has 1 amide bonds. The van der Waals surface area contributed by atoms with E-state index in [0.29, 0.717) is 10.8 Å². The van der Waals surface area contributed by atoms with Crippen molar-refractivity contribution in [2.45, 2.75) is 48.8 Å². The van der Waals surface area contributed by atoms with Gasteiger partial charge in [0.2, 0.25) is 0 Å². The van der Waals surface area contributed by atoms with Crippen LogP contribution in [0, 0.1) is 5.92 Å². The van der Waals surface area contributed by atoms with Gasteiger partial charge in [0.1, 0.15) is 4.21 Å². The number of carbonyl (C=O) groups excluding carboxylic acids is 1. The lowest BCUT2D eigenvalue weighted by Crippen LogP contribution is -2.47. The average Bonchev–Trinajstić information content (AvgIpc) is 3.54. The first-order valence-electron chi connectivity index (χ1n) is 12.6. The van der Waals surface area contributed by atoms with E-state index >= 15 is 0 Å². The largest absolute Gasteiger partial charge is 0.489 e. The Morgan fingerprint density at radius 3 is 2.63 bits per heavy atom. The summed E-state index contributed by atoms with van der Waals surface area (Å²) in [7, 11) is -3.27. The van der Waals surface area contributed by atoms with Crippen LogP contribution in [-0.4, -0.2) is 75.8 Å². The predicted molar refractivity (Wildman–Crippen MR) is 137 cm³/mol. The summed E-state index contributed by atoms with van der Waals surface area (Å²) in [6, 6.07) is 5.37. The molecule has 8 nitrogen and oxygen atoms in total. The topological polar surface area (TPSA) is 91.8 Å². The first-order chi connectivity index (χ1) is 16.9. The number of anilines is 1. The fraction of sp³-hybridized carbons (Fsp3) is 0.600. The normalized spacial score (nSPS) is 23.1. The number of sulfone groups is 1. The predicted octanol–water partition coefficient (Wildman–Crippen LogP) is 2.98. The zero-order chi connectivity index (χ0) is 24.4. The summed E-state index contributed by atoms with van der Waals surface area (Å²) in [6.45, 7) is 5.94. The minimum Gasteiger partial charge on any atom is -0.489 e. The van der Waals surface area contributed by atoms with Crippen molar-refractivity contribution >= 4 is 32.9 Å². The molecule has 2 aromatic rings. The van der Waals surface area contributed by atoms with Crippen molar-refractivity contribution in [1.29, 1.82) is 0 Å². The Kier molecular flexibility index (Phi) is 7.31. The number of rotatable bonds is 7. The van der Waals surface area contributed by atoms with Crippen molar-refractivity contribution in [3.05, 3.63) is 34.8 Å². The van der Waals surface area contributed by atoms with Crippen molar-refractivity contribution < 1.29 is 17.9 Å². The number of hydrogen-bond donors (Lipinski definition) is 1. The molecule has 5 rings (SSSR count). The highest BCUT2D eigenvalue weighted by molar-refractivity contribution is 7.92. The number of nitrogens with zero attached hydrogens (tertiary/aromatic N) is 3. The van der Waals surface area contributed by atoms with Crippen molar-refractivity contribution in [2.75, 3.05) is 50.5 Å².